The second-order valence-electron chi connectivity index (χ2n) is 5.37. The van der Waals surface area contributed by atoms with Gasteiger partial charge >= 0.3 is 0 Å². The lowest BCUT2D eigenvalue weighted by atomic mass is 10.2. The molecule has 1 aromatic rings. The number of likely N-dealkylation sites (N-methyl/N-ethyl adjacent to an activating group) is 1. The van der Waals surface area contributed by atoms with Gasteiger partial charge in [-0.25, -0.2) is 0 Å². The standard InChI is InChI=1S/C12H21N5.2ClH/c1-16(10-5-6-13-7-10)8-11-14-15-12(17(11)2)9-3-4-9;;/h9-10,13H,3-8H2,1-2H3;2*1H. The fourth-order valence-electron chi connectivity index (χ4n) is 2.58. The molecule has 0 bridgehead atoms. The summed E-state index contributed by atoms with van der Waals surface area (Å²) in [5.41, 5.74) is 0. The Bertz CT molecular complexity index is 399. The van der Waals surface area contributed by atoms with Crippen LogP contribution in [0.15, 0.2) is 0 Å². The van der Waals surface area contributed by atoms with Crippen LogP contribution >= 0.6 is 24.8 Å². The van der Waals surface area contributed by atoms with Crippen molar-refractivity contribution < 1.29 is 0 Å². The van der Waals surface area contributed by atoms with E-state index in [1.807, 2.05) is 0 Å². The lowest BCUT2D eigenvalue weighted by molar-refractivity contribution is 0.240. The third-order valence-corrected chi connectivity index (χ3v) is 3.99. The summed E-state index contributed by atoms with van der Waals surface area (Å²) in [5.74, 6) is 2.96. The molecule has 1 N–H and O–H groups in total. The van der Waals surface area contributed by atoms with E-state index in [1.54, 1.807) is 0 Å². The minimum Gasteiger partial charge on any atom is -0.317 e. The molecule has 2 aliphatic rings. The van der Waals surface area contributed by atoms with Gasteiger partial charge in [0.05, 0.1) is 6.54 Å². The van der Waals surface area contributed by atoms with E-state index in [0.717, 1.165) is 25.5 Å². The Morgan fingerprint density at radius 3 is 2.58 bits per heavy atom. The number of halogens is 2. The fourth-order valence-corrected chi connectivity index (χ4v) is 2.58. The van der Waals surface area contributed by atoms with Crippen molar-refractivity contribution in [3.8, 4) is 0 Å². The van der Waals surface area contributed by atoms with Gasteiger partial charge in [-0.2, -0.15) is 0 Å². The summed E-state index contributed by atoms with van der Waals surface area (Å²) in [6, 6.07) is 0.649. The maximum atomic E-state index is 4.34. The van der Waals surface area contributed by atoms with Crippen LogP contribution in [0.4, 0.5) is 0 Å². The summed E-state index contributed by atoms with van der Waals surface area (Å²) in [4.78, 5) is 2.39. The summed E-state index contributed by atoms with van der Waals surface area (Å²) in [6.07, 6.45) is 3.81. The van der Waals surface area contributed by atoms with E-state index in [1.165, 1.54) is 25.1 Å². The fraction of sp³-hybridized carbons (Fsp3) is 0.833. The van der Waals surface area contributed by atoms with Gasteiger partial charge in [0.1, 0.15) is 11.6 Å². The number of aromatic nitrogens is 3. The van der Waals surface area contributed by atoms with Crippen LogP contribution in [0.25, 0.3) is 0 Å². The molecular formula is C12H23Cl2N5. The minimum atomic E-state index is 0. The average molecular weight is 308 g/mol. The zero-order chi connectivity index (χ0) is 11.8. The molecular weight excluding hydrogens is 285 g/mol. The topological polar surface area (TPSA) is 46.0 Å². The van der Waals surface area contributed by atoms with Gasteiger partial charge in [0.15, 0.2) is 0 Å². The van der Waals surface area contributed by atoms with Crippen LogP contribution in [0.5, 0.6) is 0 Å². The van der Waals surface area contributed by atoms with Crippen LogP contribution in [-0.4, -0.2) is 45.8 Å². The summed E-state index contributed by atoms with van der Waals surface area (Å²) in [7, 11) is 4.28. The molecule has 19 heavy (non-hydrogen) atoms. The first-order valence-corrected chi connectivity index (χ1v) is 6.55. The smallest absolute Gasteiger partial charge is 0.146 e. The molecule has 1 aliphatic carbocycles. The highest BCUT2D eigenvalue weighted by molar-refractivity contribution is 5.85. The zero-order valence-corrected chi connectivity index (χ0v) is 13.1. The molecule has 0 spiro atoms. The number of nitrogens with zero attached hydrogens (tertiary/aromatic N) is 4. The quantitative estimate of drug-likeness (QED) is 0.911. The Hall–Kier alpha value is -0.360. The van der Waals surface area contributed by atoms with E-state index in [0.29, 0.717) is 12.0 Å². The highest BCUT2D eigenvalue weighted by atomic mass is 35.5. The van der Waals surface area contributed by atoms with Gasteiger partial charge in [-0.15, -0.1) is 35.0 Å². The van der Waals surface area contributed by atoms with Gasteiger partial charge in [0.2, 0.25) is 0 Å². The van der Waals surface area contributed by atoms with Gasteiger partial charge in [0.25, 0.3) is 0 Å². The Balaban J connectivity index is 0.000000902. The first-order valence-electron chi connectivity index (χ1n) is 6.55. The SMILES string of the molecule is CN(Cc1nnc(C2CC2)n1C)C1CCNC1.Cl.Cl. The molecule has 1 unspecified atom stereocenters. The number of rotatable bonds is 4. The second kappa shape index (κ2) is 6.88. The van der Waals surface area contributed by atoms with Gasteiger partial charge in [-0.1, -0.05) is 0 Å². The number of hydrogen-bond acceptors (Lipinski definition) is 4. The van der Waals surface area contributed by atoms with E-state index in [-0.39, 0.29) is 24.8 Å². The average Bonchev–Trinajstić information content (AvgIpc) is 2.89. The Morgan fingerprint density at radius 2 is 2.00 bits per heavy atom. The largest absolute Gasteiger partial charge is 0.317 e. The van der Waals surface area contributed by atoms with Crippen LogP contribution in [0.3, 0.4) is 0 Å². The molecule has 1 aliphatic heterocycles. The predicted molar refractivity (Wildman–Crippen MR) is 80.2 cm³/mol. The van der Waals surface area contributed by atoms with Crippen molar-refractivity contribution in [3.05, 3.63) is 11.6 Å². The Kier molecular flexibility index (Phi) is 6.05. The molecule has 1 aromatic heterocycles. The summed E-state index contributed by atoms with van der Waals surface area (Å²) >= 11 is 0. The zero-order valence-electron chi connectivity index (χ0n) is 11.5. The van der Waals surface area contributed by atoms with E-state index in [4.69, 9.17) is 0 Å². The van der Waals surface area contributed by atoms with Gasteiger partial charge in [-0.05, 0) is 32.9 Å². The maximum Gasteiger partial charge on any atom is 0.146 e. The third kappa shape index (κ3) is 3.60. The molecule has 0 radical (unpaired) electrons. The van der Waals surface area contributed by atoms with Crippen molar-refractivity contribution in [2.45, 2.75) is 37.8 Å². The Labute approximate surface area is 127 Å². The molecule has 0 amide bonds. The highest BCUT2D eigenvalue weighted by Crippen LogP contribution is 2.38. The highest BCUT2D eigenvalue weighted by Gasteiger charge is 2.29. The first kappa shape index (κ1) is 16.7. The molecule has 1 atom stereocenters. The monoisotopic (exact) mass is 307 g/mol. The molecule has 0 aromatic carbocycles. The van der Waals surface area contributed by atoms with Gasteiger partial charge < -0.3 is 9.88 Å². The van der Waals surface area contributed by atoms with E-state index < -0.39 is 0 Å². The number of nitrogens with one attached hydrogen (secondary N) is 1. The summed E-state index contributed by atoms with van der Waals surface area (Å²) < 4.78 is 2.19. The normalized spacial score (nSPS) is 22.2. The van der Waals surface area contributed by atoms with Crippen molar-refractivity contribution >= 4 is 24.8 Å². The van der Waals surface area contributed by atoms with Crippen LogP contribution < -0.4 is 5.32 Å². The molecule has 110 valence electrons. The summed E-state index contributed by atoms with van der Waals surface area (Å²) in [5, 5.41) is 12.1. The molecule has 5 nitrogen and oxygen atoms in total. The van der Waals surface area contributed by atoms with Crippen molar-refractivity contribution in [1.82, 2.24) is 25.0 Å². The van der Waals surface area contributed by atoms with Gasteiger partial charge in [-0.3, -0.25) is 4.90 Å². The van der Waals surface area contributed by atoms with Crippen LogP contribution in [0.1, 0.15) is 36.8 Å². The number of hydrogen-bond donors (Lipinski definition) is 1. The molecule has 1 saturated heterocycles. The minimum absolute atomic E-state index is 0. The predicted octanol–water partition coefficient (Wildman–Crippen LogP) is 1.33. The van der Waals surface area contributed by atoms with E-state index >= 15 is 0 Å². The summed E-state index contributed by atoms with van der Waals surface area (Å²) in [6.45, 7) is 3.15. The molecule has 1 saturated carbocycles. The maximum absolute atomic E-state index is 4.34. The first-order chi connectivity index (χ1) is 8.25. The molecule has 2 heterocycles. The lowest BCUT2D eigenvalue weighted by Gasteiger charge is -2.22. The van der Waals surface area contributed by atoms with Crippen molar-refractivity contribution in [3.63, 3.8) is 0 Å². The lowest BCUT2D eigenvalue weighted by Crippen LogP contribution is -2.33. The molecule has 3 rings (SSSR count). The van der Waals surface area contributed by atoms with Crippen LogP contribution in [0.2, 0.25) is 0 Å². The van der Waals surface area contributed by atoms with E-state index in [2.05, 4.69) is 39.1 Å². The van der Waals surface area contributed by atoms with Crippen molar-refractivity contribution in [1.29, 1.82) is 0 Å². The van der Waals surface area contributed by atoms with Crippen LogP contribution in [-0.2, 0) is 13.6 Å². The Morgan fingerprint density at radius 1 is 1.26 bits per heavy atom. The van der Waals surface area contributed by atoms with Crippen molar-refractivity contribution in [2.75, 3.05) is 20.1 Å². The molecule has 7 heteroatoms. The van der Waals surface area contributed by atoms with E-state index in [9.17, 15) is 0 Å². The third-order valence-electron chi connectivity index (χ3n) is 3.99. The van der Waals surface area contributed by atoms with Crippen LogP contribution in [0, 0.1) is 0 Å². The van der Waals surface area contributed by atoms with Crippen molar-refractivity contribution in [2.24, 2.45) is 7.05 Å². The second-order valence-corrected chi connectivity index (χ2v) is 5.37. The molecule has 2 fully saturated rings. The van der Waals surface area contributed by atoms with Gasteiger partial charge in [0, 0.05) is 25.6 Å².